The molecule has 2 heterocycles. The first-order valence-electron chi connectivity index (χ1n) is 5.98. The third-order valence-electron chi connectivity index (χ3n) is 2.67. The lowest BCUT2D eigenvalue weighted by molar-refractivity contribution is -2.00. The summed E-state index contributed by atoms with van der Waals surface area (Å²) in [6, 6.07) is 6.33. The number of rotatable bonds is 0. The Morgan fingerprint density at radius 2 is 1.17 bits per heavy atom. The van der Waals surface area contributed by atoms with Gasteiger partial charge in [-0.3, -0.25) is 0 Å². The maximum Gasteiger partial charge on any atom is 0.329 e. The summed E-state index contributed by atoms with van der Waals surface area (Å²) in [5, 5.41) is 0. The van der Waals surface area contributed by atoms with Crippen molar-refractivity contribution in [3.8, 4) is 0 Å². The van der Waals surface area contributed by atoms with Crippen LogP contribution in [0.3, 0.4) is 0 Å². The molecule has 1 aliphatic rings. The highest BCUT2D eigenvalue weighted by molar-refractivity contribution is 5.06. The molecule has 0 spiro atoms. The first-order valence-corrected chi connectivity index (χ1v) is 7.21. The van der Waals surface area contributed by atoms with Crippen LogP contribution in [0, 0.1) is 10.2 Å². The molecular weight excluding hydrogens is 260 g/mol. The van der Waals surface area contributed by atoms with E-state index in [9.17, 15) is 0 Å². The van der Waals surface area contributed by atoms with E-state index in [0.29, 0.717) is 0 Å². The lowest BCUT2D eigenvalue weighted by Crippen LogP contribution is -2.68. The molecule has 0 fully saturated rings. The minimum atomic E-state index is -4.94. The van der Waals surface area contributed by atoms with E-state index in [1.54, 1.807) is 0 Å². The van der Waals surface area contributed by atoms with Crippen LogP contribution in [0.2, 0.25) is 0 Å². The number of fused-ring (bicyclic) bond motifs is 2. The zero-order valence-electron chi connectivity index (χ0n) is 10.1. The molecule has 0 unspecified atom stereocenters. The average Bonchev–Trinajstić information content (AvgIpc) is 2.26. The number of halogens is 1. The molecule has 5 nitrogen and oxygen atoms in total. The largest absolute Gasteiger partial charge is 0.329 e. The van der Waals surface area contributed by atoms with Crippen LogP contribution >= 0.6 is 0 Å². The Hall–Kier alpha value is -0.720. The van der Waals surface area contributed by atoms with Gasteiger partial charge in [-0.15, -0.1) is 10.2 Å². The highest BCUT2D eigenvalue weighted by Crippen LogP contribution is 2.15. The molecule has 2 bridgehead atoms. The van der Waals surface area contributed by atoms with Gasteiger partial charge in [0.2, 0.25) is 0 Å². The van der Waals surface area contributed by atoms with Gasteiger partial charge in [-0.1, -0.05) is 19.3 Å². The summed E-state index contributed by atoms with van der Waals surface area (Å²) in [5.74, 6) is 2.33. The van der Waals surface area contributed by atoms with Crippen molar-refractivity contribution in [2.45, 2.75) is 44.9 Å². The Morgan fingerprint density at radius 1 is 0.778 bits per heavy atom. The highest BCUT2D eigenvalue weighted by atomic mass is 35.7. The third-order valence-corrected chi connectivity index (χ3v) is 2.67. The topological polar surface area (TPSA) is 104 Å². The molecule has 18 heavy (non-hydrogen) atoms. The van der Waals surface area contributed by atoms with Gasteiger partial charge in [-0.05, 0) is 18.9 Å². The van der Waals surface area contributed by atoms with E-state index < -0.39 is 10.2 Å². The van der Waals surface area contributed by atoms with Crippen LogP contribution in [0.4, 0.5) is 0 Å². The molecule has 0 saturated heterocycles. The molecule has 0 radical (unpaired) electrons. The fourth-order valence-electron chi connectivity index (χ4n) is 1.90. The molecule has 1 aromatic heterocycles. The second-order valence-electron chi connectivity index (χ2n) is 4.21. The Bertz CT molecular complexity index is 321. The van der Waals surface area contributed by atoms with Crippen LogP contribution in [0.25, 0.3) is 0 Å². The highest BCUT2D eigenvalue weighted by Gasteiger charge is 2.13. The molecule has 0 saturated carbocycles. The maximum absolute atomic E-state index is 8.49. The SMILES string of the molecule is [O-][Cl+3]([O-])([O-])[O-].c1cc2[o+]c(c1)CCCCCCC2. The van der Waals surface area contributed by atoms with Crippen molar-refractivity contribution in [1.29, 1.82) is 0 Å². The smallest absolute Gasteiger partial charge is 0.222 e. The molecular formula is C12H17ClO5. The minimum Gasteiger partial charge on any atom is -0.222 e. The van der Waals surface area contributed by atoms with Crippen LogP contribution in [0.1, 0.15) is 43.6 Å². The van der Waals surface area contributed by atoms with Crippen LogP contribution in [-0.4, -0.2) is 0 Å². The van der Waals surface area contributed by atoms with Crippen molar-refractivity contribution in [3.63, 3.8) is 0 Å². The second kappa shape index (κ2) is 7.66. The van der Waals surface area contributed by atoms with Crippen LogP contribution in [-0.2, 0) is 12.8 Å². The fraction of sp³-hybridized carbons (Fsp3) is 0.583. The molecule has 1 aromatic rings. The van der Waals surface area contributed by atoms with Gasteiger partial charge in [0.05, 0.1) is 12.8 Å². The van der Waals surface area contributed by atoms with E-state index in [4.69, 9.17) is 23.1 Å². The molecule has 2 rings (SSSR count). The summed E-state index contributed by atoms with van der Waals surface area (Å²) in [5.41, 5.74) is 0. The predicted molar refractivity (Wildman–Crippen MR) is 53.6 cm³/mol. The third kappa shape index (κ3) is 8.38. The molecule has 0 aromatic carbocycles. The van der Waals surface area contributed by atoms with E-state index in [1.165, 1.54) is 43.6 Å². The Balaban J connectivity index is 0.000000280. The number of aryl methyl sites for hydroxylation is 2. The van der Waals surface area contributed by atoms with E-state index in [1.807, 2.05) is 0 Å². The summed E-state index contributed by atoms with van der Waals surface area (Å²) in [6.07, 6.45) is 8.92. The summed E-state index contributed by atoms with van der Waals surface area (Å²) >= 11 is 0. The standard InChI is InChI=1S/C12H17O.ClHO4/c1-2-4-7-11-9-6-10-12(13-11)8-5-3-1;2-1(3,4)5/h6,9-10H,1-5,7-8H2;(H,2,3,4,5)/q+1;/p-1. The lowest BCUT2D eigenvalue weighted by Gasteiger charge is -2.17. The Labute approximate surface area is 108 Å². The van der Waals surface area contributed by atoms with Gasteiger partial charge >= 0.3 is 11.5 Å². The maximum atomic E-state index is 8.49. The summed E-state index contributed by atoms with van der Waals surface area (Å²) in [7, 11) is -4.94. The molecule has 0 atom stereocenters. The quantitative estimate of drug-likeness (QED) is 0.557. The van der Waals surface area contributed by atoms with Gasteiger partial charge in [0.1, 0.15) is 0 Å². The molecule has 0 N–H and O–H groups in total. The molecule has 102 valence electrons. The summed E-state index contributed by atoms with van der Waals surface area (Å²) in [4.78, 5) is 0. The van der Waals surface area contributed by atoms with Crippen LogP contribution in [0.5, 0.6) is 0 Å². The first-order chi connectivity index (χ1) is 8.45. The average molecular weight is 277 g/mol. The van der Waals surface area contributed by atoms with Gasteiger partial charge in [0.25, 0.3) is 0 Å². The Kier molecular flexibility index (Phi) is 6.52. The van der Waals surface area contributed by atoms with Crippen molar-refractivity contribution < 1.29 is 33.3 Å². The van der Waals surface area contributed by atoms with Gasteiger partial charge in [0.15, 0.2) is 0 Å². The summed E-state index contributed by atoms with van der Waals surface area (Å²) < 4.78 is 39.7. The fourth-order valence-corrected chi connectivity index (χ4v) is 1.90. The van der Waals surface area contributed by atoms with Crippen molar-refractivity contribution in [2.24, 2.45) is 0 Å². The molecule has 0 aliphatic carbocycles. The molecule has 1 aliphatic heterocycles. The zero-order chi connectivity index (χ0) is 13.4. The number of hydrogen-bond acceptors (Lipinski definition) is 4. The lowest BCUT2D eigenvalue weighted by atomic mass is 10.1. The van der Waals surface area contributed by atoms with Crippen molar-refractivity contribution in [3.05, 3.63) is 29.7 Å². The second-order valence-corrected chi connectivity index (χ2v) is 4.96. The zero-order valence-corrected chi connectivity index (χ0v) is 10.9. The molecule has 0 amide bonds. The monoisotopic (exact) mass is 276 g/mol. The predicted octanol–water partition coefficient (Wildman–Crippen LogP) is -1.15. The van der Waals surface area contributed by atoms with Crippen LogP contribution < -0.4 is 18.6 Å². The number of hydrogen-bond donors (Lipinski definition) is 0. The molecule has 6 heteroatoms. The van der Waals surface area contributed by atoms with E-state index >= 15 is 0 Å². The van der Waals surface area contributed by atoms with E-state index in [-0.39, 0.29) is 0 Å². The Morgan fingerprint density at radius 3 is 1.61 bits per heavy atom. The van der Waals surface area contributed by atoms with Crippen molar-refractivity contribution in [1.82, 2.24) is 0 Å². The first kappa shape index (κ1) is 15.3. The van der Waals surface area contributed by atoms with Gasteiger partial charge < -0.3 is 0 Å². The van der Waals surface area contributed by atoms with Crippen LogP contribution in [0.15, 0.2) is 22.6 Å². The van der Waals surface area contributed by atoms with Gasteiger partial charge in [-0.25, -0.2) is 23.1 Å². The van der Waals surface area contributed by atoms with Crippen molar-refractivity contribution in [2.75, 3.05) is 0 Å². The van der Waals surface area contributed by atoms with Gasteiger partial charge in [-0.2, -0.15) is 0 Å². The minimum absolute atomic E-state index is 1.12. The van der Waals surface area contributed by atoms with Gasteiger partial charge in [0, 0.05) is 12.1 Å². The van der Waals surface area contributed by atoms with E-state index in [0.717, 1.165) is 12.8 Å². The normalized spacial score (nSPS) is 16.4. The van der Waals surface area contributed by atoms with E-state index in [2.05, 4.69) is 18.2 Å². The summed E-state index contributed by atoms with van der Waals surface area (Å²) in [6.45, 7) is 0. The van der Waals surface area contributed by atoms with Crippen molar-refractivity contribution >= 4 is 0 Å².